The summed E-state index contributed by atoms with van der Waals surface area (Å²) in [6, 6.07) is 11.4. The molecular weight excluding hydrogens is 400 g/mol. The highest BCUT2D eigenvalue weighted by molar-refractivity contribution is 7.98. The molecule has 0 aliphatic carbocycles. The van der Waals surface area contributed by atoms with E-state index in [4.69, 9.17) is 0 Å². The topological polar surface area (TPSA) is 105 Å². The zero-order valence-corrected chi connectivity index (χ0v) is 17.5. The molecule has 0 aliphatic rings. The van der Waals surface area contributed by atoms with Gasteiger partial charge in [-0.05, 0) is 36.1 Å². The van der Waals surface area contributed by atoms with E-state index in [0.29, 0.717) is 0 Å². The number of sulfonamides is 1. The molecule has 28 heavy (non-hydrogen) atoms. The molecule has 150 valence electrons. The predicted octanol–water partition coefficient (Wildman–Crippen LogP) is 3.79. The second-order valence-corrected chi connectivity index (χ2v) is 8.49. The first kappa shape index (κ1) is 21.9. The fraction of sp³-hybridized carbons (Fsp3) is 0.278. The highest BCUT2D eigenvalue weighted by Gasteiger charge is 2.25. The molecule has 10 heteroatoms. The van der Waals surface area contributed by atoms with E-state index in [9.17, 15) is 18.5 Å². The van der Waals surface area contributed by atoms with Crippen molar-refractivity contribution in [3.8, 4) is 0 Å². The van der Waals surface area contributed by atoms with Crippen LogP contribution in [0.1, 0.15) is 19.4 Å². The van der Waals surface area contributed by atoms with Crippen molar-refractivity contribution in [3.05, 3.63) is 58.1 Å². The Kier molecular flexibility index (Phi) is 7.55. The van der Waals surface area contributed by atoms with Crippen LogP contribution in [0, 0.1) is 10.1 Å². The first-order valence-corrected chi connectivity index (χ1v) is 11.2. The van der Waals surface area contributed by atoms with Crippen LogP contribution in [0.5, 0.6) is 0 Å². The Balaban J connectivity index is 2.27. The monoisotopic (exact) mass is 422 g/mol. The number of nitro groups is 1. The Morgan fingerprint density at radius 3 is 2.36 bits per heavy atom. The molecule has 2 aromatic rings. The van der Waals surface area contributed by atoms with Gasteiger partial charge in [0.15, 0.2) is 0 Å². The Hall–Kier alpha value is -2.43. The molecule has 0 atom stereocenters. The fourth-order valence-electron chi connectivity index (χ4n) is 2.50. The van der Waals surface area contributed by atoms with Gasteiger partial charge in [0, 0.05) is 24.1 Å². The molecule has 2 rings (SSSR count). The van der Waals surface area contributed by atoms with E-state index in [-0.39, 0.29) is 29.4 Å². The van der Waals surface area contributed by atoms with Crippen molar-refractivity contribution in [3.63, 3.8) is 0 Å². The zero-order chi connectivity index (χ0) is 20.7. The van der Waals surface area contributed by atoms with Crippen molar-refractivity contribution in [2.45, 2.75) is 23.6 Å². The van der Waals surface area contributed by atoms with E-state index in [1.54, 1.807) is 25.6 Å². The second-order valence-electron chi connectivity index (χ2n) is 5.67. The lowest BCUT2D eigenvalue weighted by Crippen LogP contribution is -2.30. The van der Waals surface area contributed by atoms with Crippen molar-refractivity contribution in [2.75, 3.05) is 24.8 Å². The number of hydrogen-bond acceptors (Lipinski definition) is 7. The van der Waals surface area contributed by atoms with Gasteiger partial charge in [-0.3, -0.25) is 15.5 Å². The Morgan fingerprint density at radius 2 is 1.82 bits per heavy atom. The molecule has 0 unspecified atom stereocenters. The lowest BCUT2D eigenvalue weighted by Gasteiger charge is -2.18. The average Bonchev–Trinajstić information content (AvgIpc) is 2.69. The number of rotatable bonds is 9. The number of nitrogens with zero attached hydrogens (tertiary/aromatic N) is 3. The van der Waals surface area contributed by atoms with E-state index in [2.05, 4.69) is 10.5 Å². The number of anilines is 1. The van der Waals surface area contributed by atoms with E-state index in [1.807, 2.05) is 30.5 Å². The highest BCUT2D eigenvalue weighted by Crippen LogP contribution is 2.29. The van der Waals surface area contributed by atoms with Crippen molar-refractivity contribution >= 4 is 39.4 Å². The average molecular weight is 423 g/mol. The van der Waals surface area contributed by atoms with Crippen LogP contribution in [0.3, 0.4) is 0 Å². The molecule has 0 aromatic heterocycles. The minimum Gasteiger partial charge on any atom is -0.272 e. The summed E-state index contributed by atoms with van der Waals surface area (Å²) in [7, 11) is -3.78. The smallest absolute Gasteiger partial charge is 0.272 e. The number of nitrogens with one attached hydrogen (secondary N) is 1. The molecule has 0 aliphatic heterocycles. The van der Waals surface area contributed by atoms with Crippen LogP contribution in [0.25, 0.3) is 0 Å². The van der Waals surface area contributed by atoms with Crippen LogP contribution in [0.2, 0.25) is 0 Å². The van der Waals surface area contributed by atoms with Gasteiger partial charge in [0.2, 0.25) is 10.0 Å². The molecule has 0 amide bonds. The predicted molar refractivity (Wildman–Crippen MR) is 113 cm³/mol. The summed E-state index contributed by atoms with van der Waals surface area (Å²) in [6.07, 6.45) is 3.52. The summed E-state index contributed by atoms with van der Waals surface area (Å²) < 4.78 is 26.4. The van der Waals surface area contributed by atoms with Gasteiger partial charge >= 0.3 is 0 Å². The minimum absolute atomic E-state index is 0.112. The fourth-order valence-corrected chi connectivity index (χ4v) is 4.38. The molecule has 0 fully saturated rings. The third kappa shape index (κ3) is 5.09. The molecule has 0 bridgehead atoms. The summed E-state index contributed by atoms with van der Waals surface area (Å²) in [5, 5.41) is 15.4. The molecular formula is C18H22N4O4S2. The van der Waals surface area contributed by atoms with Crippen LogP contribution in [0.4, 0.5) is 11.4 Å². The molecule has 0 saturated heterocycles. The molecule has 0 radical (unpaired) electrons. The molecule has 0 heterocycles. The Bertz CT molecular complexity index is 956. The summed E-state index contributed by atoms with van der Waals surface area (Å²) in [4.78, 5) is 11.8. The van der Waals surface area contributed by atoms with E-state index >= 15 is 0 Å². The summed E-state index contributed by atoms with van der Waals surface area (Å²) >= 11 is 1.62. The summed E-state index contributed by atoms with van der Waals surface area (Å²) in [5.74, 6) is 0. The number of nitro benzene ring substituents is 1. The van der Waals surface area contributed by atoms with Gasteiger partial charge in [-0.1, -0.05) is 26.0 Å². The van der Waals surface area contributed by atoms with Crippen LogP contribution >= 0.6 is 11.8 Å². The van der Waals surface area contributed by atoms with Crippen LogP contribution < -0.4 is 5.43 Å². The Labute approximate surface area is 168 Å². The van der Waals surface area contributed by atoms with Gasteiger partial charge < -0.3 is 0 Å². The van der Waals surface area contributed by atoms with Gasteiger partial charge in [0.25, 0.3) is 5.69 Å². The number of thioether (sulfide) groups is 1. The summed E-state index contributed by atoms with van der Waals surface area (Å²) in [6.45, 7) is 4.00. The van der Waals surface area contributed by atoms with Gasteiger partial charge in [-0.15, -0.1) is 11.8 Å². The van der Waals surface area contributed by atoms with Crippen LogP contribution in [0.15, 0.2) is 57.4 Å². The Morgan fingerprint density at radius 1 is 1.18 bits per heavy atom. The summed E-state index contributed by atoms with van der Waals surface area (Å²) in [5.41, 5.74) is 3.20. The zero-order valence-electron chi connectivity index (χ0n) is 15.8. The number of benzene rings is 2. The largest absolute Gasteiger partial charge is 0.295 e. The molecule has 0 saturated carbocycles. The SMILES string of the molecule is CCN(CC)S(=O)(=O)c1ccc(N/N=C\c2ccc(SC)cc2)c([N+](=O)[O-])c1. The second kappa shape index (κ2) is 9.67. The van der Waals surface area contributed by atoms with Crippen LogP contribution in [-0.4, -0.2) is 43.2 Å². The first-order chi connectivity index (χ1) is 13.3. The van der Waals surface area contributed by atoms with Crippen molar-refractivity contribution in [1.82, 2.24) is 4.31 Å². The molecule has 0 spiro atoms. The van der Waals surface area contributed by atoms with Crippen molar-refractivity contribution in [1.29, 1.82) is 0 Å². The van der Waals surface area contributed by atoms with Crippen molar-refractivity contribution in [2.24, 2.45) is 5.10 Å². The standard InChI is InChI=1S/C18H22N4O4S2/c1-4-21(5-2)28(25,26)16-10-11-17(18(12-16)22(23)24)20-19-13-14-6-8-15(27-3)9-7-14/h6-13,20H,4-5H2,1-3H3/b19-13-. The highest BCUT2D eigenvalue weighted by atomic mass is 32.2. The third-order valence-corrected chi connectivity index (χ3v) is 6.81. The minimum atomic E-state index is -3.78. The van der Waals surface area contributed by atoms with E-state index in [0.717, 1.165) is 16.5 Å². The van der Waals surface area contributed by atoms with Crippen molar-refractivity contribution < 1.29 is 13.3 Å². The quantitative estimate of drug-likeness (QED) is 0.285. The lowest BCUT2D eigenvalue weighted by molar-refractivity contribution is -0.384. The third-order valence-electron chi connectivity index (χ3n) is 4.02. The molecule has 1 N–H and O–H groups in total. The first-order valence-electron chi connectivity index (χ1n) is 8.55. The van der Waals surface area contributed by atoms with E-state index in [1.165, 1.54) is 22.7 Å². The maximum atomic E-state index is 12.6. The molecule has 2 aromatic carbocycles. The van der Waals surface area contributed by atoms with E-state index < -0.39 is 14.9 Å². The van der Waals surface area contributed by atoms with Gasteiger partial charge in [0.1, 0.15) is 5.69 Å². The number of hydrazone groups is 1. The molecule has 8 nitrogen and oxygen atoms in total. The van der Waals surface area contributed by atoms with Gasteiger partial charge in [-0.2, -0.15) is 9.41 Å². The maximum Gasteiger partial charge on any atom is 0.295 e. The van der Waals surface area contributed by atoms with Gasteiger partial charge in [-0.25, -0.2) is 8.42 Å². The lowest BCUT2D eigenvalue weighted by atomic mass is 10.2. The van der Waals surface area contributed by atoms with Crippen LogP contribution in [-0.2, 0) is 10.0 Å². The maximum absolute atomic E-state index is 12.6. The number of hydrogen-bond donors (Lipinski definition) is 1. The normalized spacial score (nSPS) is 11.9. The van der Waals surface area contributed by atoms with Gasteiger partial charge in [0.05, 0.1) is 16.0 Å².